The van der Waals surface area contributed by atoms with Crippen molar-refractivity contribution >= 4 is 5.91 Å². The summed E-state index contributed by atoms with van der Waals surface area (Å²) in [5.74, 6) is 0.0380. The molecule has 0 rings (SSSR count). The molecule has 1 amide bonds. The Labute approximate surface area is 96.1 Å². The van der Waals surface area contributed by atoms with Gasteiger partial charge in [-0.3, -0.25) is 4.79 Å². The first-order valence-corrected chi connectivity index (χ1v) is 6.51. The molecule has 0 aromatic rings. The molecular formula is C13H29NO. The highest BCUT2D eigenvalue weighted by Gasteiger charge is 2.13. The number of nitrogens with two attached hydrogens (primary N) is 1. The lowest BCUT2D eigenvalue weighted by Gasteiger charge is -2.12. The molecule has 0 aliphatic carbocycles. The number of hydrogen-bond donors (Lipinski definition) is 1. The maximum Gasteiger partial charge on any atom is 0.220 e. The van der Waals surface area contributed by atoms with Crippen molar-refractivity contribution in [3.05, 3.63) is 0 Å². The predicted molar refractivity (Wildman–Crippen MR) is 67.7 cm³/mol. The van der Waals surface area contributed by atoms with Gasteiger partial charge in [0.1, 0.15) is 0 Å². The summed E-state index contributed by atoms with van der Waals surface area (Å²) in [6.07, 6.45) is 10.5. The van der Waals surface area contributed by atoms with Gasteiger partial charge < -0.3 is 5.73 Å². The number of carbonyl (C=O) groups is 1. The Morgan fingerprint density at radius 2 is 1.47 bits per heavy atom. The molecule has 1 atom stereocenters. The van der Waals surface area contributed by atoms with E-state index in [4.69, 9.17) is 5.73 Å². The first kappa shape index (κ1) is 14.5. The van der Waals surface area contributed by atoms with Crippen LogP contribution in [0.3, 0.4) is 0 Å². The van der Waals surface area contributed by atoms with Gasteiger partial charge in [0.15, 0.2) is 0 Å². The molecule has 2 nitrogen and oxygen atoms in total. The predicted octanol–water partition coefficient (Wildman–Crippen LogP) is 3.88. The SMILES string of the molecule is CCCCCCC(CCCCC)C(N)=O.[HH]. The minimum absolute atomic E-state index is 0. The van der Waals surface area contributed by atoms with Crippen LogP contribution in [0.15, 0.2) is 0 Å². The third-order valence-corrected chi connectivity index (χ3v) is 2.96. The van der Waals surface area contributed by atoms with Crippen LogP contribution < -0.4 is 5.73 Å². The highest BCUT2D eigenvalue weighted by molar-refractivity contribution is 5.76. The molecule has 2 heteroatoms. The standard InChI is InChI=1S/C13H27NO.H2/c1-3-5-7-9-11-12(13(14)15)10-8-6-4-2;/h12H,3-11H2,1-2H3,(H2,14,15);1H. The molecule has 0 fully saturated rings. The fourth-order valence-corrected chi connectivity index (χ4v) is 1.89. The summed E-state index contributed by atoms with van der Waals surface area (Å²) < 4.78 is 0. The second-order valence-corrected chi connectivity index (χ2v) is 4.44. The Morgan fingerprint density at radius 1 is 1.00 bits per heavy atom. The monoisotopic (exact) mass is 215 g/mol. The van der Waals surface area contributed by atoms with E-state index in [0.29, 0.717) is 0 Å². The Bertz CT molecular complexity index is 162. The molecule has 0 saturated carbocycles. The summed E-state index contributed by atoms with van der Waals surface area (Å²) in [5, 5.41) is 0. The van der Waals surface area contributed by atoms with Crippen LogP contribution in [0.5, 0.6) is 0 Å². The van der Waals surface area contributed by atoms with Crippen LogP contribution in [0.4, 0.5) is 0 Å². The normalized spacial score (nSPS) is 12.7. The van der Waals surface area contributed by atoms with E-state index in [-0.39, 0.29) is 13.3 Å². The second-order valence-electron chi connectivity index (χ2n) is 4.44. The number of rotatable bonds is 10. The van der Waals surface area contributed by atoms with Gasteiger partial charge in [-0.1, -0.05) is 58.8 Å². The van der Waals surface area contributed by atoms with E-state index in [9.17, 15) is 4.79 Å². The zero-order valence-corrected chi connectivity index (χ0v) is 10.4. The van der Waals surface area contributed by atoms with Crippen molar-refractivity contribution in [1.29, 1.82) is 0 Å². The lowest BCUT2D eigenvalue weighted by atomic mass is 9.94. The lowest BCUT2D eigenvalue weighted by molar-refractivity contribution is -0.122. The summed E-state index contributed by atoms with van der Waals surface area (Å²) >= 11 is 0. The van der Waals surface area contributed by atoms with Crippen LogP contribution in [-0.4, -0.2) is 5.91 Å². The summed E-state index contributed by atoms with van der Waals surface area (Å²) in [6, 6.07) is 0. The van der Waals surface area contributed by atoms with Gasteiger partial charge in [-0.05, 0) is 12.8 Å². The maximum atomic E-state index is 11.2. The second kappa shape index (κ2) is 10.0. The molecule has 0 heterocycles. The summed E-state index contributed by atoms with van der Waals surface area (Å²) in [7, 11) is 0. The van der Waals surface area contributed by atoms with Crippen molar-refractivity contribution in [1.82, 2.24) is 0 Å². The molecule has 0 aliphatic heterocycles. The van der Waals surface area contributed by atoms with E-state index < -0.39 is 0 Å². The molecule has 0 spiro atoms. The largest absolute Gasteiger partial charge is 0.369 e. The van der Waals surface area contributed by atoms with Crippen LogP contribution >= 0.6 is 0 Å². The van der Waals surface area contributed by atoms with Crippen molar-refractivity contribution in [3.63, 3.8) is 0 Å². The van der Waals surface area contributed by atoms with Gasteiger partial charge in [0.2, 0.25) is 5.91 Å². The van der Waals surface area contributed by atoms with E-state index in [0.717, 1.165) is 25.7 Å². The molecule has 1 unspecified atom stereocenters. The molecule has 0 radical (unpaired) electrons. The minimum Gasteiger partial charge on any atom is -0.369 e. The van der Waals surface area contributed by atoms with Gasteiger partial charge in [-0.25, -0.2) is 0 Å². The third-order valence-electron chi connectivity index (χ3n) is 2.96. The van der Waals surface area contributed by atoms with Crippen LogP contribution in [0.1, 0.15) is 73.1 Å². The number of primary amides is 1. The fraction of sp³-hybridized carbons (Fsp3) is 0.923. The number of amides is 1. The molecule has 15 heavy (non-hydrogen) atoms. The summed E-state index contributed by atoms with van der Waals surface area (Å²) in [5.41, 5.74) is 5.39. The van der Waals surface area contributed by atoms with Crippen LogP contribution in [0.2, 0.25) is 0 Å². The van der Waals surface area contributed by atoms with E-state index >= 15 is 0 Å². The van der Waals surface area contributed by atoms with Gasteiger partial charge in [0, 0.05) is 7.34 Å². The first-order valence-electron chi connectivity index (χ1n) is 6.51. The Kier molecular flexibility index (Phi) is 9.65. The van der Waals surface area contributed by atoms with Crippen LogP contribution in [-0.2, 0) is 4.79 Å². The number of hydrogen-bond acceptors (Lipinski definition) is 1. The van der Waals surface area contributed by atoms with E-state index in [1.807, 2.05) is 0 Å². The highest BCUT2D eigenvalue weighted by Crippen LogP contribution is 2.17. The summed E-state index contributed by atoms with van der Waals surface area (Å²) in [4.78, 5) is 11.2. The van der Waals surface area contributed by atoms with Crippen molar-refractivity contribution in [3.8, 4) is 0 Å². The minimum atomic E-state index is -0.0948. The molecule has 0 saturated heterocycles. The van der Waals surface area contributed by atoms with Crippen LogP contribution in [0.25, 0.3) is 0 Å². The number of unbranched alkanes of at least 4 members (excludes halogenated alkanes) is 5. The van der Waals surface area contributed by atoms with Crippen molar-refractivity contribution < 1.29 is 6.22 Å². The molecular weight excluding hydrogens is 186 g/mol. The lowest BCUT2D eigenvalue weighted by Crippen LogP contribution is -2.23. The van der Waals surface area contributed by atoms with Gasteiger partial charge in [-0.15, -0.1) is 0 Å². The molecule has 92 valence electrons. The Balaban J connectivity index is 0. The molecule has 2 N–H and O–H groups in total. The van der Waals surface area contributed by atoms with E-state index in [1.54, 1.807) is 0 Å². The van der Waals surface area contributed by atoms with Crippen LogP contribution in [0, 0.1) is 5.92 Å². The average Bonchev–Trinajstić information content (AvgIpc) is 2.21. The van der Waals surface area contributed by atoms with Gasteiger partial charge >= 0.3 is 0 Å². The Hall–Kier alpha value is -0.530. The zero-order chi connectivity index (χ0) is 11.5. The summed E-state index contributed by atoms with van der Waals surface area (Å²) in [6.45, 7) is 4.38. The number of carbonyl (C=O) groups excluding carboxylic acids is 1. The topological polar surface area (TPSA) is 43.1 Å². The molecule has 0 bridgehead atoms. The van der Waals surface area contributed by atoms with Gasteiger partial charge in [0.05, 0.1) is 0 Å². The third kappa shape index (κ3) is 8.46. The van der Waals surface area contributed by atoms with E-state index in [1.165, 1.54) is 32.1 Å². The molecule has 0 aromatic carbocycles. The highest BCUT2D eigenvalue weighted by atomic mass is 16.1. The van der Waals surface area contributed by atoms with Crippen molar-refractivity contribution in [2.75, 3.05) is 0 Å². The molecule has 0 aromatic heterocycles. The Morgan fingerprint density at radius 3 is 1.93 bits per heavy atom. The fourth-order valence-electron chi connectivity index (χ4n) is 1.89. The molecule has 0 aliphatic rings. The first-order chi connectivity index (χ1) is 7.22. The van der Waals surface area contributed by atoms with Crippen molar-refractivity contribution in [2.45, 2.75) is 71.6 Å². The quantitative estimate of drug-likeness (QED) is 0.552. The van der Waals surface area contributed by atoms with E-state index in [2.05, 4.69) is 13.8 Å². The van der Waals surface area contributed by atoms with Crippen molar-refractivity contribution in [2.24, 2.45) is 11.7 Å². The average molecular weight is 215 g/mol. The van der Waals surface area contributed by atoms with Gasteiger partial charge in [0.25, 0.3) is 0 Å². The van der Waals surface area contributed by atoms with Gasteiger partial charge in [-0.2, -0.15) is 0 Å². The maximum absolute atomic E-state index is 11.2. The smallest absolute Gasteiger partial charge is 0.220 e. The zero-order valence-electron chi connectivity index (χ0n) is 10.4.